The van der Waals surface area contributed by atoms with Crippen molar-refractivity contribution in [2.24, 2.45) is 0 Å². The lowest BCUT2D eigenvalue weighted by molar-refractivity contribution is 0.0971. The predicted octanol–water partition coefficient (Wildman–Crippen LogP) is 7.15. The van der Waals surface area contributed by atoms with E-state index in [4.69, 9.17) is 25.5 Å². The molecule has 0 saturated carbocycles. The molecule has 0 radical (unpaired) electrons. The lowest BCUT2D eigenvalue weighted by atomic mass is 9.97. The van der Waals surface area contributed by atoms with E-state index in [1.54, 1.807) is 60.5 Å². The number of fused-ring (bicyclic) bond motifs is 2. The van der Waals surface area contributed by atoms with E-state index in [1.165, 1.54) is 0 Å². The summed E-state index contributed by atoms with van der Waals surface area (Å²) in [6.45, 7) is 2.66. The summed E-state index contributed by atoms with van der Waals surface area (Å²) in [7, 11) is 1.56. The van der Waals surface area contributed by atoms with Crippen molar-refractivity contribution in [2.45, 2.75) is 25.8 Å². The zero-order valence-corrected chi connectivity index (χ0v) is 22.1. The molecule has 184 valence electrons. The minimum absolute atomic E-state index is 0.0158. The lowest BCUT2D eigenvalue weighted by Crippen LogP contribution is -2.29. The van der Waals surface area contributed by atoms with E-state index >= 15 is 0 Å². The lowest BCUT2D eigenvalue weighted by Gasteiger charge is -2.26. The van der Waals surface area contributed by atoms with E-state index in [9.17, 15) is 9.59 Å². The van der Waals surface area contributed by atoms with E-state index in [0.29, 0.717) is 45.3 Å². The molecular weight excluding hydrogens is 546 g/mol. The Balaban J connectivity index is 1.72. The number of ether oxygens (including phenoxy) is 2. The van der Waals surface area contributed by atoms with Gasteiger partial charge in [-0.2, -0.15) is 0 Å². The second kappa shape index (κ2) is 9.99. The smallest absolute Gasteiger partial charge is 0.295 e. The molecule has 1 aromatic heterocycles. The molecule has 0 bridgehead atoms. The molecule has 5 rings (SSSR count). The number of carbonyl (C=O) groups is 1. The minimum atomic E-state index is -0.746. The van der Waals surface area contributed by atoms with E-state index in [2.05, 4.69) is 22.9 Å². The van der Waals surface area contributed by atoms with E-state index in [1.807, 2.05) is 12.1 Å². The summed E-state index contributed by atoms with van der Waals surface area (Å²) >= 11 is 9.70. The van der Waals surface area contributed by atoms with Crippen molar-refractivity contribution < 1.29 is 18.7 Å². The number of hydrogen-bond acceptors (Lipinski definition) is 5. The first-order valence-electron chi connectivity index (χ1n) is 11.6. The third-order valence-corrected chi connectivity index (χ3v) is 6.91. The Morgan fingerprint density at radius 1 is 1.06 bits per heavy atom. The first-order valence-corrected chi connectivity index (χ1v) is 12.8. The van der Waals surface area contributed by atoms with Crippen molar-refractivity contribution in [1.29, 1.82) is 0 Å². The van der Waals surface area contributed by atoms with E-state index in [-0.39, 0.29) is 16.8 Å². The quantitative estimate of drug-likeness (QED) is 0.222. The second-order valence-corrected chi connectivity index (χ2v) is 9.84. The standard InChI is InChI=1S/C28H23BrClNO5/c1-3-4-12-35-22-10-8-16(13-23(22)34-2)25-24-26(32)20-14-17(29)9-11-21(20)36-27(24)28(33)31(25)19-7-5-6-18(30)15-19/h5-11,13-15,25H,3-4,12H2,1-2H3. The average Bonchev–Trinajstić information content (AvgIpc) is 3.17. The number of methoxy groups -OCH3 is 1. The number of benzene rings is 3. The molecule has 1 unspecified atom stereocenters. The van der Waals surface area contributed by atoms with Crippen molar-refractivity contribution in [1.82, 2.24) is 0 Å². The SMILES string of the molecule is CCCCOc1ccc(C2c3c(oc4ccc(Br)cc4c3=O)C(=O)N2c2cccc(Cl)c2)cc1OC. The summed E-state index contributed by atoms with van der Waals surface area (Å²) in [5, 5.41) is 0.862. The summed E-state index contributed by atoms with van der Waals surface area (Å²) < 4.78 is 18.3. The summed E-state index contributed by atoms with van der Waals surface area (Å²) in [6, 6.07) is 16.8. The summed E-state index contributed by atoms with van der Waals surface area (Å²) in [5.41, 5.74) is 1.59. The molecule has 6 nitrogen and oxygen atoms in total. The minimum Gasteiger partial charge on any atom is -0.493 e. The van der Waals surface area contributed by atoms with Gasteiger partial charge in [0.1, 0.15) is 5.58 Å². The Bertz CT molecular complexity index is 1530. The van der Waals surface area contributed by atoms with Crippen LogP contribution in [-0.4, -0.2) is 19.6 Å². The molecule has 0 fully saturated rings. The Morgan fingerprint density at radius 2 is 1.89 bits per heavy atom. The van der Waals surface area contributed by atoms with E-state index < -0.39 is 11.9 Å². The van der Waals surface area contributed by atoms with Gasteiger partial charge in [-0.3, -0.25) is 14.5 Å². The first kappa shape index (κ1) is 24.4. The second-order valence-electron chi connectivity index (χ2n) is 8.48. The summed E-state index contributed by atoms with van der Waals surface area (Å²) in [4.78, 5) is 29.1. The van der Waals surface area contributed by atoms with Crippen molar-refractivity contribution in [3.63, 3.8) is 0 Å². The van der Waals surface area contributed by atoms with Gasteiger partial charge in [0.05, 0.1) is 30.7 Å². The van der Waals surface area contributed by atoms with Crippen LogP contribution in [0.1, 0.15) is 47.5 Å². The van der Waals surface area contributed by atoms with Gasteiger partial charge in [0.2, 0.25) is 5.76 Å². The number of hydrogen-bond donors (Lipinski definition) is 0. The highest BCUT2D eigenvalue weighted by Gasteiger charge is 2.44. The number of anilines is 1. The normalized spacial score (nSPS) is 14.8. The van der Waals surface area contributed by atoms with Gasteiger partial charge in [-0.25, -0.2) is 0 Å². The first-order chi connectivity index (χ1) is 17.4. The topological polar surface area (TPSA) is 69.0 Å². The van der Waals surface area contributed by atoms with Gasteiger partial charge in [0, 0.05) is 15.2 Å². The van der Waals surface area contributed by atoms with Crippen LogP contribution in [0.4, 0.5) is 5.69 Å². The maximum Gasteiger partial charge on any atom is 0.295 e. The molecule has 3 aromatic carbocycles. The highest BCUT2D eigenvalue weighted by atomic mass is 79.9. The zero-order valence-electron chi connectivity index (χ0n) is 19.7. The number of carbonyl (C=O) groups excluding carboxylic acids is 1. The van der Waals surface area contributed by atoms with Crippen LogP contribution in [-0.2, 0) is 0 Å². The van der Waals surface area contributed by atoms with Crippen molar-refractivity contribution in [3.8, 4) is 11.5 Å². The van der Waals surface area contributed by atoms with Crippen molar-refractivity contribution in [2.75, 3.05) is 18.6 Å². The molecule has 0 aliphatic carbocycles. The predicted molar refractivity (Wildman–Crippen MR) is 144 cm³/mol. The summed E-state index contributed by atoms with van der Waals surface area (Å²) in [6.07, 6.45) is 1.93. The van der Waals surface area contributed by atoms with Gasteiger partial charge in [-0.05, 0) is 60.5 Å². The highest BCUT2D eigenvalue weighted by Crippen LogP contribution is 2.43. The number of unbranched alkanes of at least 4 members (excludes halogenated alkanes) is 1. The summed E-state index contributed by atoms with van der Waals surface area (Å²) in [5.74, 6) is 0.718. The Hall–Kier alpha value is -3.29. The maximum absolute atomic E-state index is 13.8. The fourth-order valence-electron chi connectivity index (χ4n) is 4.45. The van der Waals surface area contributed by atoms with Gasteiger partial charge < -0.3 is 13.9 Å². The maximum atomic E-state index is 13.8. The number of nitrogens with zero attached hydrogens (tertiary/aromatic N) is 1. The van der Waals surface area contributed by atoms with Gasteiger partial charge in [-0.1, -0.05) is 53.0 Å². The highest BCUT2D eigenvalue weighted by molar-refractivity contribution is 9.10. The molecule has 1 aliphatic rings. The zero-order chi connectivity index (χ0) is 25.4. The van der Waals surface area contributed by atoms with Crippen molar-refractivity contribution >= 4 is 50.1 Å². The van der Waals surface area contributed by atoms with Crippen LogP contribution in [0.3, 0.4) is 0 Å². The Morgan fingerprint density at radius 3 is 2.64 bits per heavy atom. The molecule has 1 amide bonds. The molecule has 36 heavy (non-hydrogen) atoms. The molecule has 1 atom stereocenters. The number of rotatable bonds is 7. The van der Waals surface area contributed by atoms with E-state index in [0.717, 1.165) is 17.3 Å². The van der Waals surface area contributed by atoms with Crippen LogP contribution in [0.25, 0.3) is 11.0 Å². The van der Waals surface area contributed by atoms with Crippen LogP contribution < -0.4 is 19.8 Å². The fraction of sp³-hybridized carbons (Fsp3) is 0.214. The monoisotopic (exact) mass is 567 g/mol. The molecule has 1 aliphatic heterocycles. The largest absolute Gasteiger partial charge is 0.493 e. The third kappa shape index (κ3) is 4.27. The molecule has 0 spiro atoms. The van der Waals surface area contributed by atoms with Crippen LogP contribution in [0.5, 0.6) is 11.5 Å². The Kier molecular flexibility index (Phi) is 6.77. The number of halogens is 2. The van der Waals surface area contributed by atoms with Gasteiger partial charge >= 0.3 is 0 Å². The Labute approximate surface area is 221 Å². The molecular formula is C28H23BrClNO5. The van der Waals surface area contributed by atoms with Crippen LogP contribution >= 0.6 is 27.5 Å². The van der Waals surface area contributed by atoms with Crippen LogP contribution in [0.2, 0.25) is 5.02 Å². The number of amides is 1. The van der Waals surface area contributed by atoms with Gasteiger partial charge in [0.15, 0.2) is 16.9 Å². The van der Waals surface area contributed by atoms with Crippen LogP contribution in [0, 0.1) is 0 Å². The molecule has 0 N–H and O–H groups in total. The average molecular weight is 569 g/mol. The van der Waals surface area contributed by atoms with Gasteiger partial charge in [-0.15, -0.1) is 0 Å². The molecule has 8 heteroatoms. The van der Waals surface area contributed by atoms with Crippen molar-refractivity contribution in [3.05, 3.63) is 97.3 Å². The molecule has 2 heterocycles. The molecule has 0 saturated heterocycles. The molecule has 4 aromatic rings. The van der Waals surface area contributed by atoms with Crippen LogP contribution in [0.15, 0.2) is 74.3 Å². The van der Waals surface area contributed by atoms with Gasteiger partial charge in [0.25, 0.3) is 5.91 Å². The fourth-order valence-corrected chi connectivity index (χ4v) is 5.00. The third-order valence-electron chi connectivity index (χ3n) is 6.18.